The van der Waals surface area contributed by atoms with Crippen molar-refractivity contribution in [2.75, 3.05) is 0 Å². The van der Waals surface area contributed by atoms with Crippen molar-refractivity contribution in [3.8, 4) is 11.5 Å². The number of phenolic OH excluding ortho intramolecular Hbond substituents is 1. The van der Waals surface area contributed by atoms with Crippen LogP contribution in [0.3, 0.4) is 0 Å². The zero-order valence-electron chi connectivity index (χ0n) is 12.9. The summed E-state index contributed by atoms with van der Waals surface area (Å²) in [5, 5.41) is 9.78. The van der Waals surface area contributed by atoms with Crippen molar-refractivity contribution in [1.82, 2.24) is 4.72 Å². The highest BCUT2D eigenvalue weighted by Crippen LogP contribution is 2.24. The van der Waals surface area contributed by atoms with E-state index in [2.05, 4.69) is 11.3 Å². The fraction of sp³-hybridized carbons (Fsp3) is 0.0625. The monoisotopic (exact) mass is 387 g/mol. The predicted molar refractivity (Wildman–Crippen MR) is 86.0 cm³/mol. The zero-order chi connectivity index (χ0) is 19.5. The van der Waals surface area contributed by atoms with E-state index in [1.54, 1.807) is 4.72 Å². The van der Waals surface area contributed by atoms with Gasteiger partial charge in [0.2, 0.25) is 0 Å². The Hall–Kier alpha value is -3.01. The quantitative estimate of drug-likeness (QED) is 0.823. The topological polar surface area (TPSA) is 92.7 Å². The molecule has 0 heterocycles. The molecule has 0 radical (unpaired) electrons. The average molecular weight is 387 g/mol. The van der Waals surface area contributed by atoms with Crippen molar-refractivity contribution < 1.29 is 36.2 Å². The molecule has 0 unspecified atom stereocenters. The van der Waals surface area contributed by atoms with Crippen LogP contribution >= 0.6 is 0 Å². The molecule has 10 heteroatoms. The molecular formula is C16H12F3NO5S. The summed E-state index contributed by atoms with van der Waals surface area (Å²) in [6.07, 6.45) is -3.49. The van der Waals surface area contributed by atoms with Gasteiger partial charge in [-0.05, 0) is 42.0 Å². The van der Waals surface area contributed by atoms with Crippen LogP contribution in [0.4, 0.5) is 13.2 Å². The Morgan fingerprint density at radius 2 is 1.77 bits per heavy atom. The number of alkyl halides is 3. The molecule has 6 nitrogen and oxygen atoms in total. The Morgan fingerprint density at radius 1 is 1.15 bits per heavy atom. The third-order valence-corrected chi connectivity index (χ3v) is 4.44. The van der Waals surface area contributed by atoms with Gasteiger partial charge < -0.3 is 9.84 Å². The molecule has 0 aliphatic heterocycles. The van der Waals surface area contributed by atoms with E-state index in [-0.39, 0.29) is 5.56 Å². The molecule has 0 saturated carbocycles. The highest BCUT2D eigenvalue weighted by atomic mass is 32.2. The van der Waals surface area contributed by atoms with Crippen LogP contribution in [0, 0.1) is 0 Å². The van der Waals surface area contributed by atoms with Gasteiger partial charge in [-0.3, -0.25) is 4.79 Å². The number of carbonyl (C=O) groups excluding carboxylic acids is 1. The maximum atomic E-state index is 12.2. The molecule has 0 aliphatic rings. The molecule has 2 rings (SSSR count). The average Bonchev–Trinajstić information content (AvgIpc) is 2.53. The number of carbonyl (C=O) groups is 1. The van der Waals surface area contributed by atoms with E-state index >= 15 is 0 Å². The van der Waals surface area contributed by atoms with Crippen LogP contribution < -0.4 is 9.46 Å². The molecule has 0 aromatic heterocycles. The largest absolute Gasteiger partial charge is 0.573 e. The van der Waals surface area contributed by atoms with Crippen LogP contribution in [0.2, 0.25) is 0 Å². The minimum Gasteiger partial charge on any atom is -0.507 e. The third-order valence-electron chi connectivity index (χ3n) is 3.10. The van der Waals surface area contributed by atoms with Gasteiger partial charge in [-0.2, -0.15) is 0 Å². The Bertz CT molecular complexity index is 937. The second-order valence-corrected chi connectivity index (χ2v) is 6.62. The van der Waals surface area contributed by atoms with Gasteiger partial charge in [0.25, 0.3) is 15.9 Å². The highest BCUT2D eigenvalue weighted by Gasteiger charge is 2.31. The van der Waals surface area contributed by atoms with E-state index in [1.807, 2.05) is 0 Å². The fourth-order valence-electron chi connectivity index (χ4n) is 1.92. The van der Waals surface area contributed by atoms with Crippen LogP contribution in [0.15, 0.2) is 53.9 Å². The van der Waals surface area contributed by atoms with E-state index in [1.165, 1.54) is 24.3 Å². The molecule has 0 aliphatic carbocycles. The number of benzene rings is 2. The predicted octanol–water partition coefficient (Wildman–Crippen LogP) is 3.05. The highest BCUT2D eigenvalue weighted by molar-refractivity contribution is 7.90. The second-order valence-electron chi connectivity index (χ2n) is 4.93. The molecule has 2 aromatic carbocycles. The molecule has 2 N–H and O–H groups in total. The lowest BCUT2D eigenvalue weighted by atomic mass is 10.1. The van der Waals surface area contributed by atoms with Gasteiger partial charge >= 0.3 is 6.36 Å². The Kier molecular flexibility index (Phi) is 5.26. The van der Waals surface area contributed by atoms with Crippen molar-refractivity contribution in [2.24, 2.45) is 0 Å². The summed E-state index contributed by atoms with van der Waals surface area (Å²) in [6, 6.07) is 7.15. The van der Waals surface area contributed by atoms with Gasteiger partial charge in [0.05, 0.1) is 10.5 Å². The van der Waals surface area contributed by atoms with E-state index in [9.17, 15) is 31.5 Å². The molecule has 1 amide bonds. The maximum Gasteiger partial charge on any atom is 0.573 e. The van der Waals surface area contributed by atoms with Gasteiger partial charge in [0.1, 0.15) is 11.5 Å². The van der Waals surface area contributed by atoms with E-state index in [0.717, 1.165) is 24.3 Å². The first-order chi connectivity index (χ1) is 12.0. The summed E-state index contributed by atoms with van der Waals surface area (Å²) >= 11 is 0. The molecule has 26 heavy (non-hydrogen) atoms. The number of amides is 1. The van der Waals surface area contributed by atoms with E-state index in [4.69, 9.17) is 0 Å². The minimum atomic E-state index is -4.91. The van der Waals surface area contributed by atoms with Gasteiger partial charge in [-0.1, -0.05) is 18.7 Å². The number of ether oxygens (including phenoxy) is 1. The molecule has 138 valence electrons. The molecule has 0 saturated heterocycles. The van der Waals surface area contributed by atoms with Crippen LogP contribution in [-0.4, -0.2) is 25.8 Å². The first-order valence-corrected chi connectivity index (χ1v) is 8.38. The normalized spacial score (nSPS) is 11.7. The number of hydrogen-bond donors (Lipinski definition) is 2. The fourth-order valence-corrected chi connectivity index (χ4v) is 2.89. The van der Waals surface area contributed by atoms with E-state index in [0.29, 0.717) is 5.56 Å². The molecule has 2 aromatic rings. The number of phenols is 1. The Labute approximate surface area is 146 Å². The Balaban J connectivity index is 2.20. The maximum absolute atomic E-state index is 12.2. The van der Waals surface area contributed by atoms with Crippen molar-refractivity contribution in [2.45, 2.75) is 11.3 Å². The number of rotatable bonds is 5. The SMILES string of the molecule is C=Cc1ccc(C(=O)NS(=O)(=O)c2ccc(OC(F)(F)F)cc2)c(O)c1. The van der Waals surface area contributed by atoms with Crippen LogP contribution in [0.25, 0.3) is 6.08 Å². The molecule has 0 bridgehead atoms. The molecular weight excluding hydrogens is 375 g/mol. The Morgan fingerprint density at radius 3 is 2.27 bits per heavy atom. The summed E-state index contributed by atoms with van der Waals surface area (Å²) in [6.45, 7) is 3.49. The van der Waals surface area contributed by atoms with Crippen molar-refractivity contribution in [3.63, 3.8) is 0 Å². The number of sulfonamides is 1. The zero-order valence-corrected chi connectivity index (χ0v) is 13.8. The third kappa shape index (κ3) is 4.76. The molecule has 0 fully saturated rings. The first-order valence-electron chi connectivity index (χ1n) is 6.90. The van der Waals surface area contributed by atoms with E-state index < -0.39 is 38.7 Å². The summed E-state index contributed by atoms with van der Waals surface area (Å²) in [4.78, 5) is 11.6. The van der Waals surface area contributed by atoms with Crippen LogP contribution in [0.5, 0.6) is 11.5 Å². The summed E-state index contributed by atoms with van der Waals surface area (Å²) in [5.41, 5.74) is 0.221. The summed E-state index contributed by atoms with van der Waals surface area (Å²) in [7, 11) is -4.37. The van der Waals surface area contributed by atoms with Crippen LogP contribution in [0.1, 0.15) is 15.9 Å². The van der Waals surface area contributed by atoms with Crippen molar-refractivity contribution in [1.29, 1.82) is 0 Å². The van der Waals surface area contributed by atoms with Gasteiger partial charge in [0, 0.05) is 0 Å². The van der Waals surface area contributed by atoms with Gasteiger partial charge in [0.15, 0.2) is 0 Å². The van der Waals surface area contributed by atoms with Crippen molar-refractivity contribution in [3.05, 3.63) is 60.2 Å². The van der Waals surface area contributed by atoms with Crippen molar-refractivity contribution >= 4 is 22.0 Å². The number of nitrogens with one attached hydrogen (secondary N) is 1. The first kappa shape index (κ1) is 19.3. The number of hydrogen-bond acceptors (Lipinski definition) is 5. The van der Waals surface area contributed by atoms with Gasteiger partial charge in [-0.25, -0.2) is 13.1 Å². The standard InChI is InChI=1S/C16H12F3NO5S/c1-2-10-3-8-13(14(21)9-10)15(22)20-26(23,24)12-6-4-11(5-7-12)25-16(17,18)19/h2-9,21H,1H2,(H,20,22). The molecule has 0 spiro atoms. The van der Waals surface area contributed by atoms with Gasteiger partial charge in [-0.15, -0.1) is 13.2 Å². The number of aromatic hydroxyl groups is 1. The summed E-state index contributed by atoms with van der Waals surface area (Å²) < 4.78 is 66.0. The van der Waals surface area contributed by atoms with Crippen LogP contribution in [-0.2, 0) is 10.0 Å². The lowest BCUT2D eigenvalue weighted by molar-refractivity contribution is -0.274. The lowest BCUT2D eigenvalue weighted by Crippen LogP contribution is -2.30. The lowest BCUT2D eigenvalue weighted by Gasteiger charge is -2.11. The smallest absolute Gasteiger partial charge is 0.507 e. The number of halogens is 3. The second kappa shape index (κ2) is 7.08. The summed E-state index contributed by atoms with van der Waals surface area (Å²) in [5.74, 6) is -2.17. The minimum absolute atomic E-state index is 0.295. The molecule has 0 atom stereocenters.